The third kappa shape index (κ3) is 2.71. The summed E-state index contributed by atoms with van der Waals surface area (Å²) in [6, 6.07) is 11.9. The summed E-state index contributed by atoms with van der Waals surface area (Å²) in [6.45, 7) is 0. The molecule has 1 aliphatic carbocycles. The summed E-state index contributed by atoms with van der Waals surface area (Å²) in [6.07, 6.45) is 0.713. The number of nitrogens with one attached hydrogen (secondary N) is 1. The van der Waals surface area contributed by atoms with Crippen LogP contribution in [0.25, 0.3) is 0 Å². The topological polar surface area (TPSA) is 49.3 Å². The molecule has 0 spiro atoms. The first kappa shape index (κ1) is 14.2. The first-order valence-electron chi connectivity index (χ1n) is 6.57. The summed E-state index contributed by atoms with van der Waals surface area (Å²) in [5.74, 6) is -0.489. The Balaban J connectivity index is 1.87. The molecule has 3 nitrogen and oxygen atoms in total. The molecule has 0 saturated carbocycles. The highest BCUT2D eigenvalue weighted by molar-refractivity contribution is 6.31. The van der Waals surface area contributed by atoms with Crippen LogP contribution in [0.2, 0.25) is 5.02 Å². The first-order chi connectivity index (χ1) is 10.1. The van der Waals surface area contributed by atoms with Crippen molar-refractivity contribution >= 4 is 29.1 Å². The number of carbonyl (C=O) groups is 1. The fourth-order valence-corrected chi connectivity index (χ4v) is 3.16. The SMILES string of the molecule is O=C(NC1c2ccccc2CC1Cl)c1cc(Cl)ccc1O. The van der Waals surface area contributed by atoms with E-state index >= 15 is 0 Å². The van der Waals surface area contributed by atoms with Crippen LogP contribution in [-0.4, -0.2) is 16.4 Å². The molecule has 0 bridgehead atoms. The van der Waals surface area contributed by atoms with E-state index in [1.807, 2.05) is 24.3 Å². The van der Waals surface area contributed by atoms with E-state index in [0.717, 1.165) is 11.1 Å². The van der Waals surface area contributed by atoms with Gasteiger partial charge in [0.2, 0.25) is 0 Å². The summed E-state index contributed by atoms with van der Waals surface area (Å²) < 4.78 is 0. The number of hydrogen-bond donors (Lipinski definition) is 2. The highest BCUT2D eigenvalue weighted by atomic mass is 35.5. The maximum atomic E-state index is 12.3. The van der Waals surface area contributed by atoms with E-state index in [-0.39, 0.29) is 28.6 Å². The van der Waals surface area contributed by atoms with Crippen LogP contribution in [0.5, 0.6) is 5.75 Å². The number of benzene rings is 2. The molecule has 0 aromatic heterocycles. The predicted octanol–water partition coefficient (Wildman–Crippen LogP) is 3.68. The van der Waals surface area contributed by atoms with Gasteiger partial charge in [0.25, 0.3) is 5.91 Å². The van der Waals surface area contributed by atoms with Crippen molar-refractivity contribution in [3.63, 3.8) is 0 Å². The van der Waals surface area contributed by atoms with Crippen LogP contribution in [0.3, 0.4) is 0 Å². The number of halogens is 2. The molecule has 5 heteroatoms. The smallest absolute Gasteiger partial charge is 0.255 e. The standard InChI is InChI=1S/C16H13Cl2NO2/c17-10-5-6-14(20)12(8-10)16(21)19-15-11-4-2-1-3-9(11)7-13(15)18/h1-6,8,13,15,20H,7H2,(H,19,21). The molecule has 1 aliphatic rings. The van der Waals surface area contributed by atoms with Gasteiger partial charge >= 0.3 is 0 Å². The molecular formula is C16H13Cl2NO2. The van der Waals surface area contributed by atoms with Crippen LogP contribution in [-0.2, 0) is 6.42 Å². The Hall–Kier alpha value is -1.71. The van der Waals surface area contributed by atoms with Gasteiger partial charge in [-0.25, -0.2) is 0 Å². The predicted molar refractivity (Wildman–Crippen MR) is 83.1 cm³/mol. The Kier molecular flexibility index (Phi) is 3.79. The zero-order valence-electron chi connectivity index (χ0n) is 11.0. The van der Waals surface area contributed by atoms with Crippen molar-refractivity contribution in [3.8, 4) is 5.75 Å². The quantitative estimate of drug-likeness (QED) is 0.829. The second-order valence-corrected chi connectivity index (χ2v) is 6.03. The Bertz CT molecular complexity index is 702. The number of rotatable bonds is 2. The molecule has 0 saturated heterocycles. The second kappa shape index (κ2) is 5.58. The normalized spacial score (nSPS) is 20.1. The minimum absolute atomic E-state index is 0.102. The minimum Gasteiger partial charge on any atom is -0.507 e. The third-order valence-electron chi connectivity index (χ3n) is 3.66. The van der Waals surface area contributed by atoms with Gasteiger partial charge in [0, 0.05) is 5.02 Å². The van der Waals surface area contributed by atoms with Gasteiger partial charge in [-0.1, -0.05) is 35.9 Å². The monoisotopic (exact) mass is 321 g/mol. The zero-order chi connectivity index (χ0) is 15.0. The molecule has 0 radical (unpaired) electrons. The molecule has 1 amide bonds. The molecule has 2 aromatic carbocycles. The lowest BCUT2D eigenvalue weighted by atomic mass is 10.1. The average Bonchev–Trinajstić information content (AvgIpc) is 2.78. The van der Waals surface area contributed by atoms with E-state index in [4.69, 9.17) is 23.2 Å². The third-order valence-corrected chi connectivity index (χ3v) is 4.30. The number of phenolic OH excluding ortho intramolecular Hbond substituents is 1. The Morgan fingerprint density at radius 3 is 2.81 bits per heavy atom. The van der Waals surface area contributed by atoms with Gasteiger partial charge in [0.05, 0.1) is 17.0 Å². The van der Waals surface area contributed by atoms with Crippen molar-refractivity contribution in [3.05, 3.63) is 64.2 Å². The van der Waals surface area contributed by atoms with Crippen LogP contribution in [0.15, 0.2) is 42.5 Å². The van der Waals surface area contributed by atoms with Gasteiger partial charge < -0.3 is 10.4 Å². The number of phenols is 1. The number of aromatic hydroxyl groups is 1. The highest BCUT2D eigenvalue weighted by Gasteiger charge is 2.32. The van der Waals surface area contributed by atoms with Crippen LogP contribution >= 0.6 is 23.2 Å². The lowest BCUT2D eigenvalue weighted by Crippen LogP contribution is -2.31. The van der Waals surface area contributed by atoms with E-state index in [1.165, 1.54) is 18.2 Å². The van der Waals surface area contributed by atoms with Crippen LogP contribution < -0.4 is 5.32 Å². The first-order valence-corrected chi connectivity index (χ1v) is 7.39. The summed E-state index contributed by atoms with van der Waals surface area (Å²) in [5.41, 5.74) is 2.31. The van der Waals surface area contributed by atoms with Gasteiger partial charge in [0.1, 0.15) is 5.75 Å². The lowest BCUT2D eigenvalue weighted by Gasteiger charge is -2.18. The largest absolute Gasteiger partial charge is 0.507 e. The summed E-state index contributed by atoms with van der Waals surface area (Å²) >= 11 is 12.2. The van der Waals surface area contributed by atoms with Gasteiger partial charge in [-0.3, -0.25) is 4.79 Å². The molecule has 2 aromatic rings. The van der Waals surface area contributed by atoms with E-state index in [2.05, 4.69) is 5.32 Å². The fourth-order valence-electron chi connectivity index (χ4n) is 2.62. The zero-order valence-corrected chi connectivity index (χ0v) is 12.5. The molecular weight excluding hydrogens is 309 g/mol. The summed E-state index contributed by atoms with van der Waals surface area (Å²) in [4.78, 5) is 12.3. The number of amides is 1. The maximum absolute atomic E-state index is 12.3. The molecule has 21 heavy (non-hydrogen) atoms. The summed E-state index contributed by atoms with van der Waals surface area (Å²) in [7, 11) is 0. The second-order valence-electron chi connectivity index (χ2n) is 5.03. The van der Waals surface area contributed by atoms with E-state index in [9.17, 15) is 9.90 Å². The average molecular weight is 322 g/mol. The van der Waals surface area contributed by atoms with Gasteiger partial charge in [-0.15, -0.1) is 11.6 Å². The maximum Gasteiger partial charge on any atom is 0.255 e. The molecule has 2 unspecified atom stereocenters. The Labute approximate surface area is 132 Å². The molecule has 0 heterocycles. The molecule has 108 valence electrons. The molecule has 0 fully saturated rings. The van der Waals surface area contributed by atoms with Gasteiger partial charge in [0.15, 0.2) is 0 Å². The Morgan fingerprint density at radius 2 is 2.00 bits per heavy atom. The van der Waals surface area contributed by atoms with E-state index in [1.54, 1.807) is 0 Å². The van der Waals surface area contributed by atoms with Gasteiger partial charge in [-0.2, -0.15) is 0 Å². The van der Waals surface area contributed by atoms with Crippen molar-refractivity contribution in [2.24, 2.45) is 0 Å². The van der Waals surface area contributed by atoms with Crippen LogP contribution in [0, 0.1) is 0 Å². The highest BCUT2D eigenvalue weighted by Crippen LogP contribution is 2.35. The van der Waals surface area contributed by atoms with E-state index < -0.39 is 0 Å². The molecule has 0 aliphatic heterocycles. The van der Waals surface area contributed by atoms with Crippen molar-refractivity contribution in [1.29, 1.82) is 0 Å². The van der Waals surface area contributed by atoms with Crippen molar-refractivity contribution < 1.29 is 9.90 Å². The number of alkyl halides is 1. The van der Waals surface area contributed by atoms with Gasteiger partial charge in [-0.05, 0) is 35.7 Å². The van der Waals surface area contributed by atoms with Crippen molar-refractivity contribution in [1.82, 2.24) is 5.32 Å². The number of hydrogen-bond acceptors (Lipinski definition) is 2. The van der Waals surface area contributed by atoms with Crippen LogP contribution in [0.4, 0.5) is 0 Å². The van der Waals surface area contributed by atoms with E-state index in [0.29, 0.717) is 11.4 Å². The minimum atomic E-state index is -0.387. The molecule has 3 rings (SSSR count). The number of fused-ring (bicyclic) bond motifs is 1. The van der Waals surface area contributed by atoms with Crippen LogP contribution in [0.1, 0.15) is 27.5 Å². The fraction of sp³-hybridized carbons (Fsp3) is 0.188. The van der Waals surface area contributed by atoms with Crippen molar-refractivity contribution in [2.45, 2.75) is 17.8 Å². The molecule has 2 atom stereocenters. The lowest BCUT2D eigenvalue weighted by molar-refractivity contribution is 0.0934. The number of carbonyl (C=O) groups excluding carboxylic acids is 1. The molecule has 2 N–H and O–H groups in total. The van der Waals surface area contributed by atoms with Crippen molar-refractivity contribution in [2.75, 3.05) is 0 Å². The summed E-state index contributed by atoms with van der Waals surface area (Å²) in [5, 5.41) is 12.9. The Morgan fingerprint density at radius 1 is 1.24 bits per heavy atom.